The molecule has 3 aromatic rings. The Morgan fingerprint density at radius 2 is 1.62 bits per heavy atom. The van der Waals surface area contributed by atoms with Gasteiger partial charge in [-0.05, 0) is 47.9 Å². The number of benzene rings is 3. The van der Waals surface area contributed by atoms with E-state index in [9.17, 15) is 14.0 Å². The van der Waals surface area contributed by atoms with Crippen LogP contribution in [-0.2, 0) is 33.8 Å². The molecule has 5 nitrogen and oxygen atoms in total. The highest BCUT2D eigenvalue weighted by Gasteiger charge is 2.16. The van der Waals surface area contributed by atoms with Crippen LogP contribution in [0.3, 0.4) is 0 Å². The summed E-state index contributed by atoms with van der Waals surface area (Å²) in [4.78, 5) is 26.6. The van der Waals surface area contributed by atoms with Gasteiger partial charge in [0.1, 0.15) is 12.4 Å². The minimum Gasteiger partial charge on any atom is -0.375 e. The van der Waals surface area contributed by atoms with Crippen molar-refractivity contribution in [2.75, 3.05) is 18.6 Å². The first kappa shape index (κ1) is 23.2. The summed E-state index contributed by atoms with van der Waals surface area (Å²) >= 11 is 0. The van der Waals surface area contributed by atoms with Crippen LogP contribution in [0.4, 0.5) is 10.1 Å². The maximum atomic E-state index is 13.0. The van der Waals surface area contributed by atoms with E-state index in [4.69, 9.17) is 4.74 Å². The fraction of sp³-hybridized carbons (Fsp3) is 0.231. The number of hydrogen-bond acceptors (Lipinski definition) is 3. The van der Waals surface area contributed by atoms with Gasteiger partial charge >= 0.3 is 0 Å². The Balaban J connectivity index is 1.64. The van der Waals surface area contributed by atoms with Gasteiger partial charge in [0.25, 0.3) is 5.91 Å². The first-order chi connectivity index (χ1) is 15.4. The standard InChI is InChI=1S/C26H27FN2O3/c1-19-4-3-5-22(14-19)17-29(26(31)18-32-2)24-12-8-20(9-13-24)15-25(30)28-16-21-6-10-23(27)11-7-21/h3-14H,15-18H2,1-2H3,(H,28,30). The number of carbonyl (C=O) groups is 2. The predicted molar refractivity (Wildman–Crippen MR) is 123 cm³/mol. The van der Waals surface area contributed by atoms with Crippen LogP contribution in [0.5, 0.6) is 0 Å². The number of nitrogens with zero attached hydrogens (tertiary/aromatic N) is 1. The van der Waals surface area contributed by atoms with Crippen LogP contribution in [0.2, 0.25) is 0 Å². The van der Waals surface area contributed by atoms with Gasteiger partial charge < -0.3 is 15.0 Å². The lowest BCUT2D eigenvalue weighted by atomic mass is 10.1. The second-order valence-electron chi connectivity index (χ2n) is 7.65. The van der Waals surface area contributed by atoms with E-state index < -0.39 is 0 Å². The molecule has 0 unspecified atom stereocenters. The first-order valence-electron chi connectivity index (χ1n) is 10.4. The highest BCUT2D eigenvalue weighted by molar-refractivity contribution is 5.94. The van der Waals surface area contributed by atoms with Gasteiger partial charge in [0, 0.05) is 19.3 Å². The molecule has 6 heteroatoms. The number of carbonyl (C=O) groups excluding carboxylic acids is 2. The minimum absolute atomic E-state index is 0.0145. The summed E-state index contributed by atoms with van der Waals surface area (Å²) in [5, 5.41) is 2.83. The molecule has 0 saturated heterocycles. The van der Waals surface area contributed by atoms with Crippen LogP contribution >= 0.6 is 0 Å². The van der Waals surface area contributed by atoms with E-state index >= 15 is 0 Å². The Bertz CT molecular complexity index is 1050. The zero-order chi connectivity index (χ0) is 22.9. The molecule has 32 heavy (non-hydrogen) atoms. The van der Waals surface area contributed by atoms with Crippen molar-refractivity contribution in [1.29, 1.82) is 0 Å². The van der Waals surface area contributed by atoms with E-state index in [-0.39, 0.29) is 30.7 Å². The van der Waals surface area contributed by atoms with Gasteiger partial charge in [-0.2, -0.15) is 0 Å². The summed E-state index contributed by atoms with van der Waals surface area (Å²) in [5.41, 5.74) is 4.56. The lowest BCUT2D eigenvalue weighted by Gasteiger charge is -2.23. The van der Waals surface area contributed by atoms with Crippen molar-refractivity contribution in [3.8, 4) is 0 Å². The summed E-state index contributed by atoms with van der Waals surface area (Å²) in [6, 6.07) is 21.4. The van der Waals surface area contributed by atoms with Crippen LogP contribution in [0, 0.1) is 12.7 Å². The maximum absolute atomic E-state index is 13.0. The van der Waals surface area contributed by atoms with Gasteiger partial charge in [-0.1, -0.05) is 54.1 Å². The molecular weight excluding hydrogens is 407 g/mol. The van der Waals surface area contributed by atoms with Gasteiger partial charge in [0.2, 0.25) is 5.91 Å². The van der Waals surface area contributed by atoms with E-state index in [2.05, 4.69) is 5.32 Å². The summed E-state index contributed by atoms with van der Waals surface area (Å²) in [6.07, 6.45) is 0.214. The molecule has 0 saturated carbocycles. The van der Waals surface area contributed by atoms with E-state index in [1.165, 1.54) is 19.2 Å². The zero-order valence-corrected chi connectivity index (χ0v) is 18.3. The molecule has 0 aliphatic heterocycles. The largest absolute Gasteiger partial charge is 0.375 e. The molecule has 2 amide bonds. The maximum Gasteiger partial charge on any atom is 0.253 e. The molecule has 0 aliphatic rings. The van der Waals surface area contributed by atoms with E-state index in [1.54, 1.807) is 17.0 Å². The fourth-order valence-corrected chi connectivity index (χ4v) is 3.36. The summed E-state index contributed by atoms with van der Waals surface area (Å²) in [7, 11) is 1.50. The number of methoxy groups -OCH3 is 1. The van der Waals surface area contributed by atoms with Crippen molar-refractivity contribution in [2.45, 2.75) is 26.4 Å². The van der Waals surface area contributed by atoms with Crippen LogP contribution in [0.25, 0.3) is 0 Å². The quantitative estimate of drug-likeness (QED) is 0.550. The molecule has 166 valence electrons. The predicted octanol–water partition coefficient (Wildman–Crippen LogP) is 4.17. The number of rotatable bonds is 9. The number of anilines is 1. The average molecular weight is 435 g/mol. The molecule has 0 aromatic heterocycles. The van der Waals surface area contributed by atoms with Gasteiger partial charge in [-0.25, -0.2) is 4.39 Å². The van der Waals surface area contributed by atoms with Crippen molar-refractivity contribution in [2.24, 2.45) is 0 Å². The number of nitrogens with one attached hydrogen (secondary N) is 1. The van der Waals surface area contributed by atoms with Crippen LogP contribution < -0.4 is 10.2 Å². The van der Waals surface area contributed by atoms with Crippen molar-refractivity contribution in [3.63, 3.8) is 0 Å². The molecule has 0 aliphatic carbocycles. The monoisotopic (exact) mass is 434 g/mol. The fourth-order valence-electron chi connectivity index (χ4n) is 3.36. The molecule has 0 spiro atoms. The number of halogens is 1. The SMILES string of the molecule is COCC(=O)N(Cc1cccc(C)c1)c1ccc(CC(=O)NCc2ccc(F)cc2)cc1. The van der Waals surface area contributed by atoms with Gasteiger partial charge in [0.15, 0.2) is 0 Å². The smallest absolute Gasteiger partial charge is 0.253 e. The lowest BCUT2D eigenvalue weighted by molar-refractivity contribution is -0.122. The van der Waals surface area contributed by atoms with Crippen LogP contribution in [0.1, 0.15) is 22.3 Å². The van der Waals surface area contributed by atoms with E-state index in [0.29, 0.717) is 13.1 Å². The second-order valence-corrected chi connectivity index (χ2v) is 7.65. The van der Waals surface area contributed by atoms with E-state index in [1.807, 2.05) is 55.5 Å². The normalized spacial score (nSPS) is 10.6. The minimum atomic E-state index is -0.305. The third-order valence-corrected chi connectivity index (χ3v) is 5.01. The second kappa shape index (κ2) is 11.2. The van der Waals surface area contributed by atoms with Crippen molar-refractivity contribution in [1.82, 2.24) is 5.32 Å². The molecule has 0 atom stereocenters. The van der Waals surface area contributed by atoms with Crippen molar-refractivity contribution in [3.05, 3.63) is 101 Å². The van der Waals surface area contributed by atoms with Crippen molar-refractivity contribution < 1.29 is 18.7 Å². The summed E-state index contributed by atoms with van der Waals surface area (Å²) in [5.74, 6) is -0.575. The van der Waals surface area contributed by atoms with Gasteiger partial charge in [-0.3, -0.25) is 9.59 Å². The molecule has 3 rings (SSSR count). The van der Waals surface area contributed by atoms with Crippen LogP contribution in [0.15, 0.2) is 72.8 Å². The van der Waals surface area contributed by atoms with Crippen molar-refractivity contribution >= 4 is 17.5 Å². The summed E-state index contributed by atoms with van der Waals surface area (Å²) < 4.78 is 18.0. The molecule has 0 radical (unpaired) electrons. The summed E-state index contributed by atoms with van der Waals surface area (Å²) in [6.45, 7) is 2.77. The number of aryl methyl sites for hydroxylation is 1. The zero-order valence-electron chi connectivity index (χ0n) is 18.3. The lowest BCUT2D eigenvalue weighted by Crippen LogP contribution is -2.33. The molecule has 0 bridgehead atoms. The number of hydrogen-bond donors (Lipinski definition) is 1. The highest BCUT2D eigenvalue weighted by Crippen LogP contribution is 2.20. The highest BCUT2D eigenvalue weighted by atomic mass is 19.1. The third-order valence-electron chi connectivity index (χ3n) is 5.01. The molecule has 0 heterocycles. The van der Waals surface area contributed by atoms with Gasteiger partial charge in [-0.15, -0.1) is 0 Å². The Labute approximate surface area is 187 Å². The molecule has 1 N–H and O–H groups in total. The molecule has 0 fully saturated rings. The number of ether oxygens (including phenoxy) is 1. The van der Waals surface area contributed by atoms with Gasteiger partial charge in [0.05, 0.1) is 13.0 Å². The molecular formula is C26H27FN2O3. The third kappa shape index (κ3) is 6.75. The average Bonchev–Trinajstić information content (AvgIpc) is 2.78. The molecule has 3 aromatic carbocycles. The van der Waals surface area contributed by atoms with E-state index in [0.717, 1.165) is 27.9 Å². The van der Waals surface area contributed by atoms with Crippen LogP contribution in [-0.4, -0.2) is 25.5 Å². The first-order valence-corrected chi connectivity index (χ1v) is 10.4. The Morgan fingerprint density at radius 1 is 0.938 bits per heavy atom. The Hall–Kier alpha value is -3.51. The Kier molecular flexibility index (Phi) is 8.11. The number of amides is 2. The topological polar surface area (TPSA) is 58.6 Å². The Morgan fingerprint density at radius 3 is 2.28 bits per heavy atom.